The lowest BCUT2D eigenvalue weighted by atomic mass is 10.2. The van der Waals surface area contributed by atoms with E-state index in [4.69, 9.17) is 0 Å². The number of nitrogens with one attached hydrogen (secondary N) is 1. The fraction of sp³-hybridized carbons (Fsp3) is 0.857. The van der Waals surface area contributed by atoms with Crippen molar-refractivity contribution in [3.63, 3.8) is 0 Å². The van der Waals surface area contributed by atoms with Crippen LogP contribution in [0.1, 0.15) is 13.3 Å². The smallest absolute Gasteiger partial charge is 0.224 e. The summed E-state index contributed by atoms with van der Waals surface area (Å²) in [5.41, 5.74) is 0. The van der Waals surface area contributed by atoms with Crippen LogP contribution < -0.4 is 5.32 Å². The van der Waals surface area contributed by atoms with Crippen LogP contribution in [0.15, 0.2) is 0 Å². The quantitative estimate of drug-likeness (QED) is 0.436. The molecule has 0 aromatic carbocycles. The number of likely N-dealkylation sites (N-methyl/N-ethyl adjacent to an activating group) is 1. The van der Waals surface area contributed by atoms with E-state index < -0.39 is 0 Å². The Bertz CT molecular complexity index is 125. The number of hydrogen-bond acceptors (Lipinski definition) is 2. The van der Waals surface area contributed by atoms with Crippen LogP contribution in [0.5, 0.6) is 0 Å². The molecule has 0 unspecified atom stereocenters. The lowest BCUT2D eigenvalue weighted by Gasteiger charge is -2.30. The minimum atomic E-state index is 0.304. The molecule has 1 N–H and O–H groups in total. The maximum Gasteiger partial charge on any atom is 0.224 e. The second-order valence-corrected chi connectivity index (χ2v) is 2.48. The van der Waals surface area contributed by atoms with Crippen molar-refractivity contribution in [1.82, 2.24) is 10.2 Å². The lowest BCUT2D eigenvalue weighted by Crippen LogP contribution is -2.46. The van der Waals surface area contributed by atoms with Crippen LogP contribution in [0.3, 0.4) is 0 Å². The van der Waals surface area contributed by atoms with Crippen LogP contribution in [-0.2, 0) is 4.79 Å². The van der Waals surface area contributed by atoms with Gasteiger partial charge in [-0.2, -0.15) is 0 Å². The van der Waals surface area contributed by atoms with Gasteiger partial charge < -0.3 is 10.2 Å². The molecule has 0 aromatic rings. The van der Waals surface area contributed by atoms with Gasteiger partial charge in [-0.05, 0) is 6.54 Å². The molecule has 0 radical (unpaired) electrons. The zero-order valence-corrected chi connectivity index (χ0v) is 6.39. The summed E-state index contributed by atoms with van der Waals surface area (Å²) in [6.45, 7) is 5.83. The van der Waals surface area contributed by atoms with Gasteiger partial charge in [-0.15, -0.1) is 0 Å². The van der Waals surface area contributed by atoms with Gasteiger partial charge in [0.25, 0.3) is 0 Å². The van der Waals surface area contributed by atoms with Gasteiger partial charge in [0.1, 0.15) is 0 Å². The summed E-state index contributed by atoms with van der Waals surface area (Å²) in [5, 5.41) is 3.17. The van der Waals surface area contributed by atoms with Crippen molar-refractivity contribution in [1.29, 1.82) is 0 Å². The number of likely N-dealkylation sites (tertiary alicyclic amines) is 1. The highest BCUT2D eigenvalue weighted by atomic mass is 16.2. The standard InChI is InChI=1S/C7H14N2O/c1-2-8-4-6-9-5-3-7(9)10/h8H,2-6H2,1H3. The van der Waals surface area contributed by atoms with Gasteiger partial charge in [0.2, 0.25) is 5.91 Å². The molecule has 1 aliphatic rings. The molecular weight excluding hydrogens is 128 g/mol. The van der Waals surface area contributed by atoms with Crippen molar-refractivity contribution in [2.75, 3.05) is 26.2 Å². The summed E-state index contributed by atoms with van der Waals surface area (Å²) in [5.74, 6) is 0.304. The van der Waals surface area contributed by atoms with E-state index >= 15 is 0 Å². The molecule has 0 bridgehead atoms. The first-order chi connectivity index (χ1) is 4.84. The molecule has 3 nitrogen and oxygen atoms in total. The first kappa shape index (κ1) is 7.54. The van der Waals surface area contributed by atoms with Gasteiger partial charge in [-0.25, -0.2) is 0 Å². The molecule has 3 heteroatoms. The molecule has 1 amide bonds. The fourth-order valence-electron chi connectivity index (χ4n) is 0.989. The Kier molecular flexibility index (Phi) is 2.68. The molecule has 0 atom stereocenters. The van der Waals surface area contributed by atoms with Gasteiger partial charge in [0, 0.05) is 26.1 Å². The van der Waals surface area contributed by atoms with Gasteiger partial charge in [-0.3, -0.25) is 4.79 Å². The third-order valence-corrected chi connectivity index (χ3v) is 1.76. The van der Waals surface area contributed by atoms with E-state index in [1.807, 2.05) is 4.90 Å². The Morgan fingerprint density at radius 1 is 1.70 bits per heavy atom. The summed E-state index contributed by atoms with van der Waals surface area (Å²) >= 11 is 0. The number of amides is 1. The Morgan fingerprint density at radius 3 is 2.90 bits per heavy atom. The molecular formula is C7H14N2O. The average molecular weight is 142 g/mol. The molecule has 0 spiro atoms. The Labute approximate surface area is 61.4 Å². The molecule has 1 heterocycles. The Morgan fingerprint density at radius 2 is 2.50 bits per heavy atom. The number of rotatable bonds is 4. The predicted octanol–water partition coefficient (Wildman–Crippen LogP) is -0.172. The van der Waals surface area contributed by atoms with Gasteiger partial charge in [-0.1, -0.05) is 6.92 Å². The van der Waals surface area contributed by atoms with Crippen LogP contribution in [0.2, 0.25) is 0 Å². The maximum absolute atomic E-state index is 10.7. The third-order valence-electron chi connectivity index (χ3n) is 1.76. The topological polar surface area (TPSA) is 32.3 Å². The number of β-lactam (4-membered cyclic amide) rings is 1. The molecule has 1 aliphatic heterocycles. The van der Waals surface area contributed by atoms with Crippen molar-refractivity contribution in [3.05, 3.63) is 0 Å². The van der Waals surface area contributed by atoms with Gasteiger partial charge in [0.15, 0.2) is 0 Å². The third kappa shape index (κ3) is 1.70. The Balaban J connectivity index is 1.98. The second kappa shape index (κ2) is 3.56. The molecule has 1 rings (SSSR count). The SMILES string of the molecule is CCNCCN1CCC1=O. The van der Waals surface area contributed by atoms with Crippen molar-refractivity contribution < 1.29 is 4.79 Å². The minimum Gasteiger partial charge on any atom is -0.341 e. The van der Waals surface area contributed by atoms with E-state index in [1.54, 1.807) is 0 Å². The zero-order valence-electron chi connectivity index (χ0n) is 6.39. The van der Waals surface area contributed by atoms with E-state index in [1.165, 1.54) is 0 Å². The first-order valence-electron chi connectivity index (χ1n) is 3.83. The lowest BCUT2D eigenvalue weighted by molar-refractivity contribution is -0.139. The summed E-state index contributed by atoms with van der Waals surface area (Å²) in [6, 6.07) is 0. The van der Waals surface area contributed by atoms with Crippen molar-refractivity contribution in [3.8, 4) is 0 Å². The highest BCUT2D eigenvalue weighted by molar-refractivity contribution is 5.81. The van der Waals surface area contributed by atoms with E-state index in [2.05, 4.69) is 12.2 Å². The van der Waals surface area contributed by atoms with Crippen molar-refractivity contribution in [2.45, 2.75) is 13.3 Å². The average Bonchev–Trinajstić information content (AvgIpc) is 1.95. The van der Waals surface area contributed by atoms with E-state index in [-0.39, 0.29) is 0 Å². The second-order valence-electron chi connectivity index (χ2n) is 2.48. The zero-order chi connectivity index (χ0) is 7.40. The molecule has 1 saturated heterocycles. The number of carbonyl (C=O) groups is 1. The highest BCUT2D eigenvalue weighted by Crippen LogP contribution is 2.05. The maximum atomic E-state index is 10.7. The fourth-order valence-corrected chi connectivity index (χ4v) is 0.989. The molecule has 0 aromatic heterocycles. The van der Waals surface area contributed by atoms with Crippen LogP contribution in [-0.4, -0.2) is 37.0 Å². The minimum absolute atomic E-state index is 0.304. The first-order valence-corrected chi connectivity index (χ1v) is 3.83. The van der Waals surface area contributed by atoms with E-state index in [0.29, 0.717) is 5.91 Å². The van der Waals surface area contributed by atoms with Crippen LogP contribution in [0, 0.1) is 0 Å². The van der Waals surface area contributed by atoms with Crippen LogP contribution >= 0.6 is 0 Å². The number of nitrogens with zero attached hydrogens (tertiary/aromatic N) is 1. The number of carbonyl (C=O) groups excluding carboxylic acids is 1. The van der Waals surface area contributed by atoms with Crippen molar-refractivity contribution in [2.24, 2.45) is 0 Å². The molecule has 58 valence electrons. The van der Waals surface area contributed by atoms with E-state index in [0.717, 1.165) is 32.6 Å². The monoisotopic (exact) mass is 142 g/mol. The summed E-state index contributed by atoms with van der Waals surface area (Å²) in [7, 11) is 0. The van der Waals surface area contributed by atoms with Gasteiger partial charge in [0.05, 0.1) is 0 Å². The normalized spacial score (nSPS) is 17.3. The predicted molar refractivity (Wildman–Crippen MR) is 39.7 cm³/mol. The van der Waals surface area contributed by atoms with Crippen LogP contribution in [0.4, 0.5) is 0 Å². The largest absolute Gasteiger partial charge is 0.341 e. The van der Waals surface area contributed by atoms with E-state index in [9.17, 15) is 4.79 Å². The molecule has 10 heavy (non-hydrogen) atoms. The van der Waals surface area contributed by atoms with Gasteiger partial charge >= 0.3 is 0 Å². The number of hydrogen-bond donors (Lipinski definition) is 1. The van der Waals surface area contributed by atoms with Crippen LogP contribution in [0.25, 0.3) is 0 Å². The summed E-state index contributed by atoms with van der Waals surface area (Å²) < 4.78 is 0. The molecule has 0 aliphatic carbocycles. The highest BCUT2D eigenvalue weighted by Gasteiger charge is 2.21. The molecule has 0 saturated carbocycles. The Hall–Kier alpha value is -0.570. The summed E-state index contributed by atoms with van der Waals surface area (Å²) in [4.78, 5) is 12.6. The summed E-state index contributed by atoms with van der Waals surface area (Å²) in [6.07, 6.45) is 0.756. The van der Waals surface area contributed by atoms with Crippen molar-refractivity contribution >= 4 is 5.91 Å². The molecule has 1 fully saturated rings.